The van der Waals surface area contributed by atoms with E-state index in [1.54, 1.807) is 0 Å². The van der Waals surface area contributed by atoms with Gasteiger partial charge in [-0.15, -0.1) is 11.8 Å². The third kappa shape index (κ3) is 2.91. The maximum atomic E-state index is 14.8. The molecule has 0 aromatic heterocycles. The Kier molecular flexibility index (Phi) is 5.20. The van der Waals surface area contributed by atoms with Gasteiger partial charge in [-0.1, -0.05) is 36.4 Å². The molecule has 6 heteroatoms. The molecule has 2 aliphatic heterocycles. The summed E-state index contributed by atoms with van der Waals surface area (Å²) >= 11 is 1.92. The van der Waals surface area contributed by atoms with Gasteiger partial charge in [-0.25, -0.2) is 0 Å². The van der Waals surface area contributed by atoms with Crippen molar-refractivity contribution in [3.05, 3.63) is 82.9 Å². The van der Waals surface area contributed by atoms with Crippen LogP contribution in [0.2, 0.25) is 0 Å². The highest BCUT2D eigenvalue weighted by molar-refractivity contribution is 8.00. The van der Waals surface area contributed by atoms with Crippen LogP contribution in [0, 0.1) is 0 Å². The molecule has 0 aliphatic carbocycles. The summed E-state index contributed by atoms with van der Waals surface area (Å²) in [6, 6.07) is 21.5. The fraction of sp³-hybridized carbons (Fsp3) is 0.308. The van der Waals surface area contributed by atoms with E-state index in [0.717, 1.165) is 38.9 Å². The summed E-state index contributed by atoms with van der Waals surface area (Å²) in [4.78, 5) is 4.12. The van der Waals surface area contributed by atoms with E-state index < -0.39 is 7.37 Å². The lowest BCUT2D eigenvalue weighted by Crippen LogP contribution is -2.42. The first-order valence-electron chi connectivity index (χ1n) is 10.9. The molecule has 0 N–H and O–H groups in total. The second kappa shape index (κ2) is 7.69. The van der Waals surface area contributed by atoms with Crippen LogP contribution in [0.15, 0.2) is 60.7 Å². The van der Waals surface area contributed by atoms with Crippen LogP contribution in [0.5, 0.6) is 0 Å². The number of fused-ring (bicyclic) bond motifs is 6. The first-order valence-corrected chi connectivity index (χ1v) is 13.6. The van der Waals surface area contributed by atoms with Gasteiger partial charge in [-0.2, -0.15) is 0 Å². The highest BCUT2D eigenvalue weighted by Gasteiger charge is 2.53. The van der Waals surface area contributed by atoms with E-state index in [2.05, 4.69) is 70.5 Å². The molecule has 1 spiro atoms. The molecule has 0 unspecified atom stereocenters. The molecule has 32 heavy (non-hydrogen) atoms. The molecule has 2 heterocycles. The number of hydrogen-bond donors (Lipinski definition) is 0. The summed E-state index contributed by atoms with van der Waals surface area (Å²) in [6.45, 7) is 2.32. The second-order valence-corrected chi connectivity index (χ2v) is 12.3. The Morgan fingerprint density at radius 2 is 1.44 bits per heavy atom. The zero-order chi connectivity index (χ0) is 22.7. The minimum Gasteiger partial charge on any atom is -0.378 e. The molecule has 3 aromatic carbocycles. The molecule has 0 amide bonds. The molecule has 0 atom stereocenters. The molecular weight excluding hydrogens is 435 g/mol. The topological polar surface area (TPSA) is 32.8 Å². The van der Waals surface area contributed by atoms with E-state index in [1.807, 2.05) is 46.9 Å². The zero-order valence-corrected chi connectivity index (χ0v) is 21.0. The lowest BCUT2D eigenvalue weighted by atomic mass is 9.81. The predicted molar refractivity (Wildman–Crippen MR) is 138 cm³/mol. The van der Waals surface area contributed by atoms with Crippen LogP contribution in [0.4, 0.5) is 11.4 Å². The van der Waals surface area contributed by atoms with Gasteiger partial charge in [-0.3, -0.25) is 4.57 Å². The van der Waals surface area contributed by atoms with Gasteiger partial charge in [0.1, 0.15) is 0 Å². The van der Waals surface area contributed by atoms with E-state index >= 15 is 0 Å². The minimum absolute atomic E-state index is 0.387. The van der Waals surface area contributed by atoms with Gasteiger partial charge in [0.25, 0.3) is 7.37 Å². The monoisotopic (exact) mass is 464 g/mol. The van der Waals surface area contributed by atoms with Crippen LogP contribution in [0.25, 0.3) is 0 Å². The summed E-state index contributed by atoms with van der Waals surface area (Å²) in [6.07, 6.45) is 0. The van der Waals surface area contributed by atoms with Crippen molar-refractivity contribution in [2.24, 2.45) is 0 Å². The second-order valence-electron chi connectivity index (χ2n) is 8.79. The molecule has 0 fully saturated rings. The number of nitrogens with zero attached hydrogens (tertiary/aromatic N) is 2. The lowest BCUT2D eigenvalue weighted by molar-refractivity contribution is 0.347. The maximum absolute atomic E-state index is 14.8. The van der Waals surface area contributed by atoms with Gasteiger partial charge >= 0.3 is 0 Å². The zero-order valence-electron chi connectivity index (χ0n) is 19.3. The molecule has 5 rings (SSSR count). The highest BCUT2D eigenvalue weighted by Crippen LogP contribution is 2.63. The molecule has 3 aromatic rings. The van der Waals surface area contributed by atoms with E-state index in [-0.39, 0.29) is 4.75 Å². The van der Waals surface area contributed by atoms with Crippen molar-refractivity contribution in [2.75, 3.05) is 44.6 Å². The molecule has 0 bridgehead atoms. The summed E-state index contributed by atoms with van der Waals surface area (Å²) in [5.74, 6) is 0.929. The lowest BCUT2D eigenvalue weighted by Gasteiger charge is -2.41. The normalized spacial score (nSPS) is 22.9. The smallest absolute Gasteiger partial charge is 0.262 e. The Morgan fingerprint density at radius 3 is 1.97 bits per heavy atom. The average Bonchev–Trinajstić information content (AvgIpc) is 3.18. The van der Waals surface area contributed by atoms with Crippen LogP contribution in [0.3, 0.4) is 0 Å². The first-order chi connectivity index (χ1) is 15.3. The Labute approximate surface area is 195 Å². The molecule has 4 nitrogen and oxygen atoms in total. The fourth-order valence-corrected chi connectivity index (χ4v) is 9.39. The van der Waals surface area contributed by atoms with Crippen molar-refractivity contribution in [1.82, 2.24) is 0 Å². The van der Waals surface area contributed by atoms with Crippen molar-refractivity contribution in [1.29, 1.82) is 0 Å². The van der Waals surface area contributed by atoms with Gasteiger partial charge < -0.3 is 14.3 Å². The summed E-state index contributed by atoms with van der Waals surface area (Å²) in [7, 11) is 4.79. The number of thioether (sulfide) groups is 1. The molecule has 166 valence electrons. The van der Waals surface area contributed by atoms with E-state index in [9.17, 15) is 4.57 Å². The van der Waals surface area contributed by atoms with Crippen LogP contribution in [-0.4, -0.2) is 34.8 Å². The molecule has 2 aliphatic rings. The van der Waals surface area contributed by atoms with Gasteiger partial charge in [-0.05, 0) is 53.4 Å². The summed E-state index contributed by atoms with van der Waals surface area (Å²) in [5, 5.41) is 1.66. The highest BCUT2D eigenvalue weighted by atomic mass is 32.2. The molecule has 0 saturated heterocycles. The van der Waals surface area contributed by atoms with E-state index in [1.165, 1.54) is 11.1 Å². The van der Waals surface area contributed by atoms with Crippen LogP contribution in [0.1, 0.15) is 29.2 Å². The van der Waals surface area contributed by atoms with Crippen molar-refractivity contribution in [2.45, 2.75) is 17.4 Å². The van der Waals surface area contributed by atoms with E-state index in [0.29, 0.717) is 6.61 Å². The van der Waals surface area contributed by atoms with Crippen LogP contribution >= 0.6 is 19.1 Å². The predicted octanol–water partition coefficient (Wildman–Crippen LogP) is 4.94. The number of rotatable bonds is 4. The standard InChI is InChI=1S/C26H29N2O2PS/c1-6-30-31(29)24-15-19(27(2)3)11-13-22(24)26(21-10-8-7-9-18(21)17-32-26)23-14-12-20(28(4)5)16-25(23)31/h7-16H,6,17H2,1-5H3. The fourth-order valence-electron chi connectivity index (χ4n) is 4.97. The van der Waals surface area contributed by atoms with Gasteiger partial charge in [0, 0.05) is 55.9 Å². The van der Waals surface area contributed by atoms with Crippen LogP contribution < -0.4 is 20.4 Å². The third-order valence-electron chi connectivity index (χ3n) is 6.54. The van der Waals surface area contributed by atoms with Crippen LogP contribution in [-0.2, 0) is 19.6 Å². The van der Waals surface area contributed by atoms with Gasteiger partial charge in [0.2, 0.25) is 0 Å². The number of benzene rings is 3. The number of hydrogen-bond acceptors (Lipinski definition) is 5. The van der Waals surface area contributed by atoms with E-state index in [4.69, 9.17) is 4.52 Å². The maximum Gasteiger partial charge on any atom is 0.262 e. The quantitative estimate of drug-likeness (QED) is 0.511. The Balaban J connectivity index is 1.91. The summed E-state index contributed by atoms with van der Waals surface area (Å²) < 4.78 is 20.6. The van der Waals surface area contributed by atoms with Gasteiger partial charge in [0.15, 0.2) is 0 Å². The minimum atomic E-state index is -3.28. The SMILES string of the molecule is CCOP1(=O)c2cc(N(C)C)ccc2C2(SCc3ccccc32)c2ccc(N(C)C)cc21. The third-order valence-corrected chi connectivity index (χ3v) is 10.7. The first kappa shape index (κ1) is 21.6. The molecule has 0 radical (unpaired) electrons. The molecular formula is C26H29N2O2PS. The number of anilines is 2. The van der Waals surface area contributed by atoms with Crippen molar-refractivity contribution < 1.29 is 9.09 Å². The Morgan fingerprint density at radius 1 is 0.875 bits per heavy atom. The van der Waals surface area contributed by atoms with Crippen molar-refractivity contribution in [3.63, 3.8) is 0 Å². The van der Waals surface area contributed by atoms with Gasteiger partial charge in [0.05, 0.1) is 11.4 Å². The Bertz CT molecular complexity index is 1190. The average molecular weight is 465 g/mol. The Hall–Kier alpha value is -2.20. The largest absolute Gasteiger partial charge is 0.378 e. The van der Waals surface area contributed by atoms with Crippen molar-refractivity contribution in [3.8, 4) is 0 Å². The molecule has 0 saturated carbocycles. The van der Waals surface area contributed by atoms with Crippen molar-refractivity contribution >= 4 is 41.1 Å². The summed E-state index contributed by atoms with van der Waals surface area (Å²) in [5.41, 5.74) is 6.89.